The number of halogens is 1. The van der Waals surface area contributed by atoms with Gasteiger partial charge in [0.25, 0.3) is 0 Å². The van der Waals surface area contributed by atoms with Crippen LogP contribution in [0.25, 0.3) is 0 Å². The number of methoxy groups -OCH3 is 2. The maximum Gasteiger partial charge on any atom is 0.224 e. The van der Waals surface area contributed by atoms with Gasteiger partial charge in [-0.2, -0.15) is 0 Å². The van der Waals surface area contributed by atoms with E-state index in [2.05, 4.69) is 44.2 Å². The van der Waals surface area contributed by atoms with E-state index >= 15 is 0 Å². The third-order valence-electron chi connectivity index (χ3n) is 3.21. The predicted octanol–water partition coefficient (Wildman–Crippen LogP) is 3.11. The molecular weight excluding hydrogens is 334 g/mol. The minimum Gasteiger partial charge on any atom is -0.481 e. The molecule has 0 bridgehead atoms. The van der Waals surface area contributed by atoms with Crippen LogP contribution < -0.4 is 14.8 Å². The van der Waals surface area contributed by atoms with E-state index in [1.54, 1.807) is 14.2 Å². The smallest absolute Gasteiger partial charge is 0.224 e. The quantitative estimate of drug-likeness (QED) is 0.866. The molecule has 1 atom stereocenters. The average molecular weight is 352 g/mol. The Hall–Kier alpha value is -1.66. The minimum atomic E-state index is 0.162. The van der Waals surface area contributed by atoms with Crippen molar-refractivity contribution < 1.29 is 9.47 Å². The number of hydrogen-bond donors (Lipinski definition) is 1. The number of ether oxygens (including phenoxy) is 2. The third kappa shape index (κ3) is 3.71. The van der Waals surface area contributed by atoms with Gasteiger partial charge in [-0.05, 0) is 18.6 Å². The van der Waals surface area contributed by atoms with E-state index < -0.39 is 0 Å². The topological polar surface area (TPSA) is 56.3 Å². The standard InChI is InChI=1S/C15H18BrN3O2/c1-10(11-6-4-5-7-13(11)16)17-8-12-14(20-2)18-9-19-15(12)21-3/h4-7,9-10,17H,8H2,1-3H3. The van der Waals surface area contributed by atoms with Gasteiger partial charge in [-0.1, -0.05) is 34.1 Å². The first-order chi connectivity index (χ1) is 10.2. The molecule has 112 valence electrons. The van der Waals surface area contributed by atoms with Crippen molar-refractivity contribution in [2.75, 3.05) is 14.2 Å². The molecular formula is C15H18BrN3O2. The van der Waals surface area contributed by atoms with Crippen LogP contribution in [-0.4, -0.2) is 24.2 Å². The fraction of sp³-hybridized carbons (Fsp3) is 0.333. The van der Waals surface area contributed by atoms with E-state index in [9.17, 15) is 0 Å². The van der Waals surface area contributed by atoms with Gasteiger partial charge in [-0.15, -0.1) is 0 Å². The van der Waals surface area contributed by atoms with Crippen LogP contribution in [0.3, 0.4) is 0 Å². The summed E-state index contributed by atoms with van der Waals surface area (Å²) in [5, 5.41) is 3.44. The Morgan fingerprint density at radius 2 is 1.76 bits per heavy atom. The van der Waals surface area contributed by atoms with Crippen LogP contribution in [0.15, 0.2) is 35.1 Å². The Labute approximate surface area is 132 Å². The summed E-state index contributed by atoms with van der Waals surface area (Å²) in [7, 11) is 3.17. The van der Waals surface area contributed by atoms with Crippen LogP contribution >= 0.6 is 15.9 Å². The number of rotatable bonds is 6. The molecule has 21 heavy (non-hydrogen) atoms. The lowest BCUT2D eigenvalue weighted by molar-refractivity contribution is 0.357. The number of nitrogens with one attached hydrogen (secondary N) is 1. The molecule has 0 amide bonds. The molecule has 1 unspecified atom stereocenters. The third-order valence-corrected chi connectivity index (χ3v) is 3.93. The maximum absolute atomic E-state index is 5.27. The number of aromatic nitrogens is 2. The van der Waals surface area contributed by atoms with Gasteiger partial charge in [-0.25, -0.2) is 9.97 Å². The van der Waals surface area contributed by atoms with Crippen molar-refractivity contribution >= 4 is 15.9 Å². The summed E-state index contributed by atoms with van der Waals surface area (Å²) in [6, 6.07) is 8.29. The van der Waals surface area contributed by atoms with Crippen molar-refractivity contribution in [3.63, 3.8) is 0 Å². The van der Waals surface area contributed by atoms with Crippen LogP contribution in [0.2, 0.25) is 0 Å². The van der Waals surface area contributed by atoms with Gasteiger partial charge in [0.2, 0.25) is 11.8 Å². The van der Waals surface area contributed by atoms with Gasteiger partial charge < -0.3 is 14.8 Å². The molecule has 1 aromatic carbocycles. The van der Waals surface area contributed by atoms with Crippen molar-refractivity contribution in [1.29, 1.82) is 0 Å². The first-order valence-corrected chi connectivity index (χ1v) is 7.36. The van der Waals surface area contributed by atoms with Crippen LogP contribution in [0.5, 0.6) is 11.8 Å². The largest absolute Gasteiger partial charge is 0.481 e. The zero-order valence-corrected chi connectivity index (χ0v) is 13.8. The Balaban J connectivity index is 2.15. The number of benzene rings is 1. The SMILES string of the molecule is COc1ncnc(OC)c1CNC(C)c1ccccc1Br. The molecule has 0 saturated carbocycles. The summed E-state index contributed by atoms with van der Waals surface area (Å²) in [5.74, 6) is 1.04. The van der Waals surface area contributed by atoms with E-state index in [4.69, 9.17) is 9.47 Å². The maximum atomic E-state index is 5.27. The summed E-state index contributed by atoms with van der Waals surface area (Å²) in [6.45, 7) is 2.65. The monoisotopic (exact) mass is 351 g/mol. The zero-order valence-electron chi connectivity index (χ0n) is 12.3. The highest BCUT2D eigenvalue weighted by molar-refractivity contribution is 9.10. The molecule has 0 spiro atoms. The highest BCUT2D eigenvalue weighted by Gasteiger charge is 2.15. The molecule has 0 aliphatic heterocycles. The van der Waals surface area contributed by atoms with Gasteiger partial charge in [-0.3, -0.25) is 0 Å². The number of hydrogen-bond acceptors (Lipinski definition) is 5. The van der Waals surface area contributed by atoms with E-state index in [0.717, 1.165) is 10.0 Å². The Bertz CT molecular complexity index is 585. The van der Waals surface area contributed by atoms with Gasteiger partial charge in [0.1, 0.15) is 6.33 Å². The normalized spacial score (nSPS) is 12.0. The Morgan fingerprint density at radius 1 is 1.14 bits per heavy atom. The van der Waals surface area contributed by atoms with Crippen molar-refractivity contribution in [3.8, 4) is 11.8 Å². The molecule has 2 aromatic rings. The lowest BCUT2D eigenvalue weighted by Crippen LogP contribution is -2.20. The molecule has 0 radical (unpaired) electrons. The summed E-state index contributed by atoms with van der Waals surface area (Å²) >= 11 is 3.57. The first kappa shape index (κ1) is 15.7. The molecule has 2 rings (SSSR count). The van der Waals surface area contributed by atoms with Crippen LogP contribution in [0.4, 0.5) is 0 Å². The predicted molar refractivity (Wildman–Crippen MR) is 84.5 cm³/mol. The summed E-state index contributed by atoms with van der Waals surface area (Å²) < 4.78 is 11.6. The lowest BCUT2D eigenvalue weighted by Gasteiger charge is -2.17. The second-order valence-electron chi connectivity index (χ2n) is 4.49. The molecule has 0 fully saturated rings. The van der Waals surface area contributed by atoms with Crippen LogP contribution in [-0.2, 0) is 6.54 Å². The van der Waals surface area contributed by atoms with E-state index in [0.29, 0.717) is 18.3 Å². The lowest BCUT2D eigenvalue weighted by atomic mass is 10.1. The highest BCUT2D eigenvalue weighted by atomic mass is 79.9. The second kappa shape index (κ2) is 7.38. The van der Waals surface area contributed by atoms with Crippen LogP contribution in [0.1, 0.15) is 24.1 Å². The minimum absolute atomic E-state index is 0.162. The van der Waals surface area contributed by atoms with E-state index in [1.165, 1.54) is 11.9 Å². The summed E-state index contributed by atoms with van der Waals surface area (Å²) in [6.07, 6.45) is 1.43. The summed E-state index contributed by atoms with van der Waals surface area (Å²) in [5.41, 5.74) is 1.99. The molecule has 5 nitrogen and oxygen atoms in total. The van der Waals surface area contributed by atoms with E-state index in [-0.39, 0.29) is 6.04 Å². The molecule has 6 heteroatoms. The molecule has 1 aromatic heterocycles. The molecule has 1 N–H and O–H groups in total. The Kier molecular flexibility index (Phi) is 5.52. The fourth-order valence-corrected chi connectivity index (χ4v) is 2.70. The van der Waals surface area contributed by atoms with Gasteiger partial charge >= 0.3 is 0 Å². The fourth-order valence-electron chi connectivity index (χ4n) is 2.08. The number of nitrogens with zero attached hydrogens (tertiary/aromatic N) is 2. The van der Waals surface area contributed by atoms with Gasteiger partial charge in [0, 0.05) is 17.1 Å². The van der Waals surface area contributed by atoms with Crippen molar-refractivity contribution in [2.45, 2.75) is 19.5 Å². The van der Waals surface area contributed by atoms with Crippen molar-refractivity contribution in [3.05, 3.63) is 46.2 Å². The zero-order chi connectivity index (χ0) is 15.2. The molecule has 0 aliphatic carbocycles. The average Bonchev–Trinajstić information content (AvgIpc) is 2.52. The van der Waals surface area contributed by atoms with Gasteiger partial charge in [0.05, 0.1) is 19.8 Å². The highest BCUT2D eigenvalue weighted by Crippen LogP contribution is 2.26. The second-order valence-corrected chi connectivity index (χ2v) is 5.35. The molecule has 1 heterocycles. The van der Waals surface area contributed by atoms with E-state index in [1.807, 2.05) is 18.2 Å². The van der Waals surface area contributed by atoms with Gasteiger partial charge in [0.15, 0.2) is 0 Å². The first-order valence-electron chi connectivity index (χ1n) is 6.57. The van der Waals surface area contributed by atoms with Crippen molar-refractivity contribution in [1.82, 2.24) is 15.3 Å². The summed E-state index contributed by atoms with van der Waals surface area (Å²) in [4.78, 5) is 8.22. The molecule has 0 saturated heterocycles. The Morgan fingerprint density at radius 3 is 2.33 bits per heavy atom. The van der Waals surface area contributed by atoms with Crippen molar-refractivity contribution in [2.24, 2.45) is 0 Å². The molecule has 0 aliphatic rings. The van der Waals surface area contributed by atoms with Crippen LogP contribution in [0, 0.1) is 0 Å².